The molecule has 0 aliphatic heterocycles. The molecule has 4 rings (SSSR count). The van der Waals surface area contributed by atoms with E-state index in [4.69, 9.17) is 11.6 Å². The summed E-state index contributed by atoms with van der Waals surface area (Å²) >= 11 is 6.00. The molecule has 1 aromatic carbocycles. The zero-order chi connectivity index (χ0) is 19.0. The molecule has 4 aromatic rings. The lowest BCUT2D eigenvalue weighted by Gasteiger charge is -2.07. The van der Waals surface area contributed by atoms with Gasteiger partial charge in [-0.2, -0.15) is 5.10 Å². The Labute approximate surface area is 160 Å². The number of hydrogen-bond acceptors (Lipinski definition) is 4. The van der Waals surface area contributed by atoms with Crippen molar-refractivity contribution in [2.45, 2.75) is 20.3 Å². The SMILES string of the molecule is Cc1cc(C)n(-c2ccc(CC(=O)Nc3nnc4ccc(Cl)cn34)cc2)n1. The Bertz CT molecular complexity index is 1130. The summed E-state index contributed by atoms with van der Waals surface area (Å²) in [5, 5.41) is 15.8. The molecule has 0 aliphatic rings. The van der Waals surface area contributed by atoms with Gasteiger partial charge in [-0.05, 0) is 49.7 Å². The average molecular weight is 381 g/mol. The third-order valence-corrected chi connectivity index (χ3v) is 4.40. The van der Waals surface area contributed by atoms with E-state index in [1.54, 1.807) is 22.7 Å². The van der Waals surface area contributed by atoms with E-state index in [2.05, 4.69) is 20.6 Å². The van der Waals surface area contributed by atoms with Crippen molar-refractivity contribution in [1.82, 2.24) is 24.4 Å². The van der Waals surface area contributed by atoms with Crippen molar-refractivity contribution < 1.29 is 4.79 Å². The molecule has 3 aromatic heterocycles. The van der Waals surface area contributed by atoms with E-state index in [9.17, 15) is 4.79 Å². The lowest BCUT2D eigenvalue weighted by atomic mass is 10.1. The Morgan fingerprint density at radius 1 is 1.11 bits per heavy atom. The molecule has 0 radical (unpaired) electrons. The van der Waals surface area contributed by atoms with Crippen molar-refractivity contribution >= 4 is 29.1 Å². The maximum absolute atomic E-state index is 12.4. The summed E-state index contributed by atoms with van der Waals surface area (Å²) in [5.41, 5.74) is 4.50. The largest absolute Gasteiger partial charge is 0.294 e. The molecule has 136 valence electrons. The van der Waals surface area contributed by atoms with Gasteiger partial charge in [-0.15, -0.1) is 10.2 Å². The molecule has 0 saturated heterocycles. The minimum Gasteiger partial charge on any atom is -0.294 e. The average Bonchev–Trinajstić information content (AvgIpc) is 3.18. The van der Waals surface area contributed by atoms with Crippen LogP contribution in [0.5, 0.6) is 0 Å². The monoisotopic (exact) mass is 380 g/mol. The van der Waals surface area contributed by atoms with Crippen LogP contribution in [0.25, 0.3) is 11.3 Å². The fourth-order valence-electron chi connectivity index (χ4n) is 2.95. The molecule has 0 fully saturated rings. The van der Waals surface area contributed by atoms with Gasteiger partial charge in [-0.3, -0.25) is 14.5 Å². The number of halogens is 1. The highest BCUT2D eigenvalue weighted by Crippen LogP contribution is 2.16. The van der Waals surface area contributed by atoms with Gasteiger partial charge in [0.05, 0.1) is 22.8 Å². The number of carbonyl (C=O) groups is 1. The van der Waals surface area contributed by atoms with E-state index in [1.807, 2.05) is 48.9 Å². The van der Waals surface area contributed by atoms with Gasteiger partial charge in [-0.25, -0.2) is 4.68 Å². The number of pyridine rings is 1. The number of amides is 1. The quantitative estimate of drug-likeness (QED) is 0.589. The van der Waals surface area contributed by atoms with E-state index in [0.717, 1.165) is 22.6 Å². The molecule has 7 nitrogen and oxygen atoms in total. The number of anilines is 1. The van der Waals surface area contributed by atoms with Crippen LogP contribution in [-0.2, 0) is 11.2 Å². The Balaban J connectivity index is 1.48. The molecule has 27 heavy (non-hydrogen) atoms. The number of benzene rings is 1. The standard InChI is InChI=1S/C19H17ClN6O/c1-12-9-13(2)26(24-12)16-6-3-14(4-7-16)10-18(27)21-19-23-22-17-8-5-15(20)11-25(17)19/h3-9,11H,10H2,1-2H3,(H,21,23,27). The van der Waals surface area contributed by atoms with Crippen molar-refractivity contribution in [1.29, 1.82) is 0 Å². The van der Waals surface area contributed by atoms with Crippen LogP contribution in [0.1, 0.15) is 17.0 Å². The molecule has 0 spiro atoms. The molecule has 1 amide bonds. The van der Waals surface area contributed by atoms with E-state index < -0.39 is 0 Å². The number of aromatic nitrogens is 5. The summed E-state index contributed by atoms with van der Waals surface area (Å²) in [6.07, 6.45) is 1.89. The summed E-state index contributed by atoms with van der Waals surface area (Å²) in [5.74, 6) is 0.167. The van der Waals surface area contributed by atoms with Crippen LogP contribution >= 0.6 is 11.6 Å². The molecule has 0 atom stereocenters. The summed E-state index contributed by atoms with van der Waals surface area (Å²) < 4.78 is 3.53. The number of aryl methyl sites for hydroxylation is 2. The molecular weight excluding hydrogens is 364 g/mol. The Morgan fingerprint density at radius 3 is 2.59 bits per heavy atom. The molecular formula is C19H17ClN6O. The summed E-state index contributed by atoms with van der Waals surface area (Å²) in [6.45, 7) is 3.97. The van der Waals surface area contributed by atoms with Crippen molar-refractivity contribution in [2.24, 2.45) is 0 Å². The fourth-order valence-corrected chi connectivity index (χ4v) is 3.11. The van der Waals surface area contributed by atoms with Crippen molar-refractivity contribution in [3.8, 4) is 5.69 Å². The second-order valence-corrected chi connectivity index (χ2v) is 6.77. The number of nitrogens with zero attached hydrogens (tertiary/aromatic N) is 5. The molecule has 0 aliphatic carbocycles. The van der Waals surface area contributed by atoms with E-state index >= 15 is 0 Å². The lowest BCUT2D eigenvalue weighted by molar-refractivity contribution is -0.115. The molecule has 0 unspecified atom stereocenters. The zero-order valence-electron chi connectivity index (χ0n) is 14.8. The number of carbonyl (C=O) groups excluding carboxylic acids is 1. The Hall–Kier alpha value is -3.19. The summed E-state index contributed by atoms with van der Waals surface area (Å²) in [4.78, 5) is 12.4. The first-order valence-electron chi connectivity index (χ1n) is 8.42. The topological polar surface area (TPSA) is 77.1 Å². The van der Waals surface area contributed by atoms with E-state index in [0.29, 0.717) is 16.6 Å². The minimum atomic E-state index is -0.178. The maximum Gasteiger partial charge on any atom is 0.235 e. The minimum absolute atomic E-state index is 0.178. The van der Waals surface area contributed by atoms with Crippen molar-refractivity contribution in [3.63, 3.8) is 0 Å². The molecule has 8 heteroatoms. The fraction of sp³-hybridized carbons (Fsp3) is 0.158. The van der Waals surface area contributed by atoms with Gasteiger partial charge in [0.2, 0.25) is 11.9 Å². The molecule has 1 N–H and O–H groups in total. The van der Waals surface area contributed by atoms with Gasteiger partial charge >= 0.3 is 0 Å². The first kappa shape index (κ1) is 17.2. The van der Waals surface area contributed by atoms with Crippen LogP contribution in [0.15, 0.2) is 48.7 Å². The van der Waals surface area contributed by atoms with E-state index in [-0.39, 0.29) is 12.3 Å². The second kappa shape index (κ2) is 6.85. The summed E-state index contributed by atoms with van der Waals surface area (Å²) in [6, 6.07) is 13.2. The molecule has 0 saturated carbocycles. The Morgan fingerprint density at radius 2 is 1.89 bits per heavy atom. The van der Waals surface area contributed by atoms with Gasteiger partial charge < -0.3 is 0 Å². The maximum atomic E-state index is 12.4. The van der Waals surface area contributed by atoms with Gasteiger partial charge in [-0.1, -0.05) is 23.7 Å². The lowest BCUT2D eigenvalue weighted by Crippen LogP contribution is -2.16. The highest BCUT2D eigenvalue weighted by Gasteiger charge is 2.11. The zero-order valence-corrected chi connectivity index (χ0v) is 15.6. The molecule has 0 bridgehead atoms. The highest BCUT2D eigenvalue weighted by atomic mass is 35.5. The van der Waals surface area contributed by atoms with Gasteiger partial charge in [0.1, 0.15) is 0 Å². The predicted molar refractivity (Wildman–Crippen MR) is 103 cm³/mol. The number of fused-ring (bicyclic) bond motifs is 1. The molecule has 3 heterocycles. The number of nitrogens with one attached hydrogen (secondary N) is 1. The van der Waals surface area contributed by atoms with E-state index in [1.165, 1.54) is 0 Å². The normalized spacial score (nSPS) is 11.1. The summed E-state index contributed by atoms with van der Waals surface area (Å²) in [7, 11) is 0. The van der Waals surface area contributed by atoms with Crippen LogP contribution in [0.2, 0.25) is 5.02 Å². The number of rotatable bonds is 4. The Kier molecular flexibility index (Phi) is 4.37. The van der Waals surface area contributed by atoms with Gasteiger partial charge in [0.25, 0.3) is 0 Å². The second-order valence-electron chi connectivity index (χ2n) is 6.33. The van der Waals surface area contributed by atoms with Crippen LogP contribution in [0.3, 0.4) is 0 Å². The highest BCUT2D eigenvalue weighted by molar-refractivity contribution is 6.30. The third kappa shape index (κ3) is 3.54. The van der Waals surface area contributed by atoms with Crippen LogP contribution in [0, 0.1) is 13.8 Å². The number of hydrogen-bond donors (Lipinski definition) is 1. The first-order chi connectivity index (χ1) is 13.0. The van der Waals surface area contributed by atoms with Gasteiger partial charge in [0.15, 0.2) is 5.65 Å². The van der Waals surface area contributed by atoms with Crippen molar-refractivity contribution in [3.05, 3.63) is 70.6 Å². The predicted octanol–water partition coefficient (Wildman–Crippen LogP) is 3.37. The first-order valence-corrected chi connectivity index (χ1v) is 8.80. The van der Waals surface area contributed by atoms with Crippen LogP contribution < -0.4 is 5.32 Å². The third-order valence-electron chi connectivity index (χ3n) is 4.17. The van der Waals surface area contributed by atoms with Gasteiger partial charge in [0, 0.05) is 11.9 Å². The van der Waals surface area contributed by atoms with Crippen LogP contribution in [-0.4, -0.2) is 30.3 Å². The van der Waals surface area contributed by atoms with Crippen molar-refractivity contribution in [2.75, 3.05) is 5.32 Å². The van der Waals surface area contributed by atoms with Crippen LogP contribution in [0.4, 0.5) is 5.95 Å². The smallest absolute Gasteiger partial charge is 0.235 e.